The lowest BCUT2D eigenvalue weighted by molar-refractivity contribution is -0.116. The molecule has 3 rings (SSSR count). The highest BCUT2D eigenvalue weighted by molar-refractivity contribution is 8.02. The summed E-state index contributed by atoms with van der Waals surface area (Å²) in [5.41, 5.74) is 1.79. The molecule has 1 aliphatic rings. The lowest BCUT2D eigenvalue weighted by Crippen LogP contribution is -2.25. The van der Waals surface area contributed by atoms with Crippen molar-refractivity contribution in [3.63, 3.8) is 0 Å². The average Bonchev–Trinajstić information content (AvgIpc) is 2.73. The zero-order chi connectivity index (χ0) is 20.6. The Balaban J connectivity index is 1.62. The highest BCUT2D eigenvalue weighted by Gasteiger charge is 2.18. The van der Waals surface area contributed by atoms with Crippen molar-refractivity contribution in [3.8, 4) is 5.75 Å². The second-order valence-corrected chi connectivity index (χ2v) is 7.67. The molecule has 152 valence electrons. The molecule has 29 heavy (non-hydrogen) atoms. The number of anilines is 1. The Morgan fingerprint density at radius 1 is 1.10 bits per heavy atom. The van der Waals surface area contributed by atoms with Crippen LogP contribution in [0.4, 0.5) is 5.69 Å². The molecular formula is C22H24N2O4S. The Morgan fingerprint density at radius 3 is 2.55 bits per heavy atom. The number of hydrogen-bond acceptors (Lipinski definition) is 5. The summed E-state index contributed by atoms with van der Waals surface area (Å²) in [7, 11) is 0. The van der Waals surface area contributed by atoms with Crippen molar-refractivity contribution >= 4 is 29.3 Å². The molecule has 1 heterocycles. The van der Waals surface area contributed by atoms with Crippen molar-refractivity contribution in [2.24, 2.45) is 0 Å². The molecule has 1 aliphatic heterocycles. The predicted molar refractivity (Wildman–Crippen MR) is 115 cm³/mol. The highest BCUT2D eigenvalue weighted by Crippen LogP contribution is 2.20. The molecule has 2 N–H and O–H groups in total. The molecule has 0 spiro atoms. The van der Waals surface area contributed by atoms with Gasteiger partial charge >= 0.3 is 0 Å². The van der Waals surface area contributed by atoms with Crippen LogP contribution in [0.3, 0.4) is 0 Å². The van der Waals surface area contributed by atoms with Gasteiger partial charge in [0.25, 0.3) is 11.8 Å². The summed E-state index contributed by atoms with van der Waals surface area (Å²) in [6.07, 6.45) is 0.112. The first-order valence-electron chi connectivity index (χ1n) is 9.41. The maximum absolute atomic E-state index is 12.7. The first-order valence-corrected chi connectivity index (χ1v) is 10.5. The van der Waals surface area contributed by atoms with Gasteiger partial charge in [0.15, 0.2) is 5.76 Å². The molecule has 7 heteroatoms. The van der Waals surface area contributed by atoms with Gasteiger partial charge in [0, 0.05) is 17.7 Å². The Bertz CT molecular complexity index is 894. The smallest absolute Gasteiger partial charge is 0.291 e. The van der Waals surface area contributed by atoms with Crippen molar-refractivity contribution in [2.45, 2.75) is 26.5 Å². The van der Waals surface area contributed by atoms with E-state index in [1.807, 2.05) is 38.1 Å². The van der Waals surface area contributed by atoms with Crippen molar-refractivity contribution in [2.75, 3.05) is 17.7 Å². The van der Waals surface area contributed by atoms with Crippen molar-refractivity contribution in [3.05, 3.63) is 70.8 Å². The van der Waals surface area contributed by atoms with Crippen molar-refractivity contribution in [1.82, 2.24) is 5.32 Å². The molecule has 0 aromatic heterocycles. The standard InChI is InChI=1S/C22H24N2O4S/c1-15(2)28-17-9-7-16(8-10-17)13-23-21(25)18-5-3-4-6-19(18)24-22(26)20-14-29-12-11-27-20/h3-10,14-15H,11-13H2,1-2H3,(H,23,25)(H,24,26). The molecule has 0 unspecified atom stereocenters. The molecule has 0 saturated carbocycles. The predicted octanol–water partition coefficient (Wildman–Crippen LogP) is 3.95. The third-order valence-electron chi connectivity index (χ3n) is 4.04. The fraction of sp³-hybridized carbons (Fsp3) is 0.273. The van der Waals surface area contributed by atoms with E-state index in [1.165, 1.54) is 11.8 Å². The molecule has 0 atom stereocenters. The molecule has 0 saturated heterocycles. The number of carbonyl (C=O) groups excluding carboxylic acids is 2. The van der Waals surface area contributed by atoms with E-state index in [0.717, 1.165) is 17.1 Å². The summed E-state index contributed by atoms with van der Waals surface area (Å²) in [6.45, 7) is 4.81. The lowest BCUT2D eigenvalue weighted by Gasteiger charge is -2.16. The first-order chi connectivity index (χ1) is 14.0. The number of benzene rings is 2. The number of rotatable bonds is 7. The number of para-hydroxylation sites is 1. The van der Waals surface area contributed by atoms with Crippen molar-refractivity contribution < 1.29 is 19.1 Å². The fourth-order valence-electron chi connectivity index (χ4n) is 2.70. The van der Waals surface area contributed by atoms with E-state index in [-0.39, 0.29) is 23.7 Å². The molecule has 0 radical (unpaired) electrons. The van der Waals surface area contributed by atoms with Crippen LogP contribution in [0.5, 0.6) is 5.75 Å². The molecule has 2 amide bonds. The Hall–Kier alpha value is -2.93. The number of hydrogen-bond donors (Lipinski definition) is 2. The van der Waals surface area contributed by atoms with Crippen LogP contribution in [0.2, 0.25) is 0 Å². The summed E-state index contributed by atoms with van der Waals surface area (Å²) in [6, 6.07) is 14.5. The SMILES string of the molecule is CC(C)Oc1ccc(CNC(=O)c2ccccc2NC(=O)C2=CSCCO2)cc1. The van der Waals surface area contributed by atoms with Crippen LogP contribution in [-0.4, -0.2) is 30.3 Å². The molecular weight excluding hydrogens is 388 g/mol. The maximum atomic E-state index is 12.7. The summed E-state index contributed by atoms with van der Waals surface area (Å²) >= 11 is 1.53. The van der Waals surface area contributed by atoms with Crippen LogP contribution in [0.1, 0.15) is 29.8 Å². The van der Waals surface area contributed by atoms with Gasteiger partial charge in [-0.15, -0.1) is 11.8 Å². The number of ether oxygens (including phenoxy) is 2. The van der Waals surface area contributed by atoms with Gasteiger partial charge in [0.05, 0.1) is 24.0 Å². The zero-order valence-corrected chi connectivity index (χ0v) is 17.3. The van der Waals surface area contributed by atoms with E-state index in [9.17, 15) is 9.59 Å². The number of carbonyl (C=O) groups is 2. The summed E-state index contributed by atoms with van der Waals surface area (Å²) in [4.78, 5) is 25.0. The first kappa shape index (κ1) is 20.8. The number of thioether (sulfide) groups is 1. The van der Waals surface area contributed by atoms with Gasteiger partial charge in [-0.2, -0.15) is 0 Å². The lowest BCUT2D eigenvalue weighted by atomic mass is 10.1. The van der Waals surface area contributed by atoms with E-state index < -0.39 is 0 Å². The third kappa shape index (κ3) is 6.02. The van der Waals surface area contributed by atoms with Crippen LogP contribution in [-0.2, 0) is 16.1 Å². The van der Waals surface area contributed by atoms with E-state index in [4.69, 9.17) is 9.47 Å². The molecule has 0 aliphatic carbocycles. The largest absolute Gasteiger partial charge is 0.491 e. The third-order valence-corrected chi connectivity index (χ3v) is 4.82. The van der Waals surface area contributed by atoms with Crippen LogP contribution in [0, 0.1) is 0 Å². The summed E-state index contributed by atoms with van der Waals surface area (Å²) < 4.78 is 11.0. The van der Waals surface area contributed by atoms with Gasteiger partial charge < -0.3 is 20.1 Å². The van der Waals surface area contributed by atoms with Gasteiger partial charge in [-0.25, -0.2) is 0 Å². The Labute approximate surface area is 174 Å². The summed E-state index contributed by atoms with van der Waals surface area (Å²) in [5.74, 6) is 1.25. The topological polar surface area (TPSA) is 76.7 Å². The second kappa shape index (κ2) is 10.0. The molecule has 6 nitrogen and oxygen atoms in total. The minimum atomic E-state index is -0.363. The molecule has 2 aromatic carbocycles. The van der Waals surface area contributed by atoms with Gasteiger partial charge in [0.2, 0.25) is 0 Å². The molecule has 0 bridgehead atoms. The van der Waals surface area contributed by atoms with Crippen molar-refractivity contribution in [1.29, 1.82) is 0 Å². The minimum Gasteiger partial charge on any atom is -0.491 e. The van der Waals surface area contributed by atoms with Crippen LogP contribution < -0.4 is 15.4 Å². The second-order valence-electron chi connectivity index (χ2n) is 6.69. The average molecular weight is 413 g/mol. The van der Waals surface area contributed by atoms with Gasteiger partial charge in [0.1, 0.15) is 5.75 Å². The minimum absolute atomic E-state index is 0.112. The number of nitrogens with one attached hydrogen (secondary N) is 2. The Kier molecular flexibility index (Phi) is 7.19. The van der Waals surface area contributed by atoms with Crippen LogP contribution >= 0.6 is 11.8 Å². The highest BCUT2D eigenvalue weighted by atomic mass is 32.2. The quantitative estimate of drug-likeness (QED) is 0.720. The summed E-state index contributed by atoms with van der Waals surface area (Å²) in [5, 5.41) is 7.34. The molecule has 2 aromatic rings. The van der Waals surface area contributed by atoms with E-state index in [0.29, 0.717) is 24.4 Å². The maximum Gasteiger partial charge on any atom is 0.291 e. The number of amides is 2. The van der Waals surface area contributed by atoms with E-state index in [1.54, 1.807) is 29.7 Å². The van der Waals surface area contributed by atoms with Crippen LogP contribution in [0.25, 0.3) is 0 Å². The Morgan fingerprint density at radius 2 is 1.86 bits per heavy atom. The normalized spacial score (nSPS) is 13.3. The monoisotopic (exact) mass is 412 g/mol. The van der Waals surface area contributed by atoms with Gasteiger partial charge in [-0.3, -0.25) is 9.59 Å². The molecule has 0 fully saturated rings. The van der Waals surface area contributed by atoms with Crippen LogP contribution in [0.15, 0.2) is 59.7 Å². The van der Waals surface area contributed by atoms with Gasteiger partial charge in [-0.05, 0) is 43.7 Å². The zero-order valence-electron chi connectivity index (χ0n) is 16.4. The van der Waals surface area contributed by atoms with Gasteiger partial charge in [-0.1, -0.05) is 24.3 Å². The fourth-order valence-corrected chi connectivity index (χ4v) is 3.32. The van der Waals surface area contributed by atoms with E-state index >= 15 is 0 Å². The van der Waals surface area contributed by atoms with E-state index in [2.05, 4.69) is 10.6 Å².